The predicted octanol–water partition coefficient (Wildman–Crippen LogP) is 3.66. The van der Waals surface area contributed by atoms with E-state index in [1.807, 2.05) is 13.0 Å². The minimum atomic E-state index is 0.0463. The topological polar surface area (TPSA) is 49.9 Å². The van der Waals surface area contributed by atoms with Crippen LogP contribution in [0.25, 0.3) is 0 Å². The van der Waals surface area contributed by atoms with Gasteiger partial charge >= 0.3 is 0 Å². The summed E-state index contributed by atoms with van der Waals surface area (Å²) < 4.78 is 0. The summed E-state index contributed by atoms with van der Waals surface area (Å²) in [6.07, 6.45) is 0. The van der Waals surface area contributed by atoms with Gasteiger partial charge in [0.25, 0.3) is 0 Å². The fraction of sp³-hybridized carbons (Fsp3) is 0.300. The van der Waals surface area contributed by atoms with Crippen LogP contribution in [0.4, 0.5) is 0 Å². The molecule has 0 aliphatic rings. The third-order valence-corrected chi connectivity index (χ3v) is 3.91. The average Bonchev–Trinajstić information content (AvgIpc) is 2.18. The minimum absolute atomic E-state index is 0.0463. The summed E-state index contributed by atoms with van der Waals surface area (Å²) in [6, 6.07) is 5.34. The lowest BCUT2D eigenvalue weighted by molar-refractivity contribution is 0.879. The normalized spacial score (nSPS) is 12.5. The summed E-state index contributed by atoms with van der Waals surface area (Å²) in [7, 11) is 0. The van der Waals surface area contributed by atoms with E-state index in [0.29, 0.717) is 10.0 Å². The molecule has 1 atom stereocenters. The van der Waals surface area contributed by atoms with Gasteiger partial charge in [0.1, 0.15) is 0 Å². The van der Waals surface area contributed by atoms with Gasteiger partial charge in [0.2, 0.25) is 0 Å². The van der Waals surface area contributed by atoms with E-state index in [4.69, 9.17) is 34.3 Å². The van der Waals surface area contributed by atoms with Crippen molar-refractivity contribution >= 4 is 40.8 Å². The third kappa shape index (κ3) is 3.93. The van der Waals surface area contributed by atoms with Crippen LogP contribution in [0, 0.1) is 11.3 Å². The summed E-state index contributed by atoms with van der Waals surface area (Å²) in [4.78, 5) is 0.928. The van der Waals surface area contributed by atoms with Gasteiger partial charge in [-0.2, -0.15) is 0 Å². The van der Waals surface area contributed by atoms with Crippen molar-refractivity contribution in [2.24, 2.45) is 11.7 Å². The smallest absolute Gasteiger partial charge is 0.0942 e. The van der Waals surface area contributed by atoms with Crippen LogP contribution in [-0.2, 0) is 0 Å². The van der Waals surface area contributed by atoms with Crippen LogP contribution in [0.3, 0.4) is 0 Å². The van der Waals surface area contributed by atoms with E-state index >= 15 is 0 Å². The molecule has 15 heavy (non-hydrogen) atoms. The molecule has 1 unspecified atom stereocenters. The zero-order valence-corrected chi connectivity index (χ0v) is 10.6. The molecule has 1 aromatic carbocycles. The lowest BCUT2D eigenvalue weighted by Crippen LogP contribution is -2.21. The van der Waals surface area contributed by atoms with E-state index in [2.05, 4.69) is 0 Å². The Morgan fingerprint density at radius 3 is 2.80 bits per heavy atom. The van der Waals surface area contributed by atoms with E-state index in [0.717, 1.165) is 10.6 Å². The zero-order valence-electron chi connectivity index (χ0n) is 8.26. The molecule has 0 aromatic heterocycles. The monoisotopic (exact) mass is 262 g/mol. The molecular formula is C10H12Cl2N2S. The molecule has 0 saturated heterocycles. The van der Waals surface area contributed by atoms with Crippen LogP contribution in [0.15, 0.2) is 23.1 Å². The van der Waals surface area contributed by atoms with E-state index in [1.165, 1.54) is 0 Å². The van der Waals surface area contributed by atoms with Gasteiger partial charge in [0, 0.05) is 21.6 Å². The molecule has 2 nitrogen and oxygen atoms in total. The predicted molar refractivity (Wildman–Crippen MR) is 68.3 cm³/mol. The first kappa shape index (κ1) is 12.7. The molecule has 3 N–H and O–H groups in total. The van der Waals surface area contributed by atoms with Gasteiger partial charge in [-0.3, -0.25) is 5.41 Å². The zero-order chi connectivity index (χ0) is 11.4. The Hall–Kier alpha value is -0.380. The second kappa shape index (κ2) is 5.64. The number of hydrogen-bond donors (Lipinski definition) is 2. The molecule has 1 rings (SSSR count). The molecule has 0 amide bonds. The van der Waals surface area contributed by atoms with Crippen molar-refractivity contribution in [3.8, 4) is 0 Å². The quantitative estimate of drug-likeness (QED) is 0.495. The second-order valence-corrected chi connectivity index (χ2v) is 5.15. The average molecular weight is 263 g/mol. The van der Waals surface area contributed by atoms with Crippen LogP contribution in [-0.4, -0.2) is 11.6 Å². The van der Waals surface area contributed by atoms with E-state index in [-0.39, 0.29) is 11.8 Å². The molecule has 0 fully saturated rings. The highest BCUT2D eigenvalue weighted by molar-refractivity contribution is 7.99. The van der Waals surface area contributed by atoms with Crippen molar-refractivity contribution in [2.45, 2.75) is 11.8 Å². The Bertz CT molecular complexity index is 368. The number of nitrogens with two attached hydrogens (primary N) is 1. The highest BCUT2D eigenvalue weighted by Crippen LogP contribution is 2.30. The van der Waals surface area contributed by atoms with Crippen LogP contribution >= 0.6 is 35.0 Å². The molecule has 0 aliphatic heterocycles. The van der Waals surface area contributed by atoms with Gasteiger partial charge in [-0.15, -0.1) is 11.8 Å². The maximum absolute atomic E-state index is 7.27. The molecular weight excluding hydrogens is 251 g/mol. The van der Waals surface area contributed by atoms with Crippen molar-refractivity contribution in [3.05, 3.63) is 28.2 Å². The fourth-order valence-electron chi connectivity index (χ4n) is 0.892. The minimum Gasteiger partial charge on any atom is -0.387 e. The van der Waals surface area contributed by atoms with Crippen LogP contribution < -0.4 is 5.73 Å². The Morgan fingerprint density at radius 2 is 2.20 bits per heavy atom. The Labute approximate surface area is 104 Å². The molecule has 1 aromatic rings. The number of rotatable bonds is 4. The fourth-order valence-corrected chi connectivity index (χ4v) is 2.44. The Balaban J connectivity index is 2.65. The number of nitrogens with one attached hydrogen (secondary N) is 1. The Morgan fingerprint density at radius 1 is 1.53 bits per heavy atom. The standard InChI is InChI=1S/C10H12Cl2N2S/c1-6(10(13)14)5-15-9-4-7(11)2-3-8(9)12/h2-4,6H,5H2,1H3,(H3,13,14). The maximum atomic E-state index is 7.27. The largest absolute Gasteiger partial charge is 0.387 e. The van der Waals surface area contributed by atoms with Gasteiger partial charge in [0.15, 0.2) is 0 Å². The van der Waals surface area contributed by atoms with E-state index in [1.54, 1.807) is 23.9 Å². The summed E-state index contributed by atoms with van der Waals surface area (Å²) in [5.74, 6) is 0.973. The highest BCUT2D eigenvalue weighted by atomic mass is 35.5. The number of halogens is 2. The van der Waals surface area contributed by atoms with Gasteiger partial charge in [0.05, 0.1) is 10.9 Å². The SMILES string of the molecule is CC(CSc1cc(Cl)ccc1Cl)C(=N)N. The van der Waals surface area contributed by atoms with E-state index < -0.39 is 0 Å². The van der Waals surface area contributed by atoms with Gasteiger partial charge < -0.3 is 5.73 Å². The third-order valence-electron chi connectivity index (χ3n) is 1.91. The van der Waals surface area contributed by atoms with Crippen molar-refractivity contribution in [1.29, 1.82) is 5.41 Å². The summed E-state index contributed by atoms with van der Waals surface area (Å²) in [5, 5.41) is 8.61. The lowest BCUT2D eigenvalue weighted by Gasteiger charge is -2.09. The Kier molecular flexibility index (Phi) is 4.77. The van der Waals surface area contributed by atoms with Crippen LogP contribution in [0.2, 0.25) is 10.0 Å². The molecule has 0 bridgehead atoms. The molecule has 82 valence electrons. The number of amidine groups is 1. The first-order valence-corrected chi connectivity index (χ1v) is 6.16. The second-order valence-electron chi connectivity index (χ2n) is 3.24. The summed E-state index contributed by atoms with van der Waals surface area (Å²) in [6.45, 7) is 1.91. The summed E-state index contributed by atoms with van der Waals surface area (Å²) >= 11 is 13.4. The van der Waals surface area contributed by atoms with Gasteiger partial charge in [-0.05, 0) is 18.2 Å². The molecule has 0 spiro atoms. The van der Waals surface area contributed by atoms with Gasteiger partial charge in [-0.25, -0.2) is 0 Å². The van der Waals surface area contributed by atoms with Crippen LogP contribution in [0.1, 0.15) is 6.92 Å². The number of hydrogen-bond acceptors (Lipinski definition) is 2. The van der Waals surface area contributed by atoms with Gasteiger partial charge in [-0.1, -0.05) is 30.1 Å². The highest BCUT2D eigenvalue weighted by Gasteiger charge is 2.08. The molecule has 0 saturated carbocycles. The molecule has 0 heterocycles. The van der Waals surface area contributed by atoms with Crippen molar-refractivity contribution in [2.75, 3.05) is 5.75 Å². The lowest BCUT2D eigenvalue weighted by atomic mass is 10.2. The number of thioether (sulfide) groups is 1. The maximum Gasteiger partial charge on any atom is 0.0942 e. The van der Waals surface area contributed by atoms with Crippen molar-refractivity contribution in [3.63, 3.8) is 0 Å². The molecule has 5 heteroatoms. The first-order valence-electron chi connectivity index (χ1n) is 4.42. The first-order chi connectivity index (χ1) is 7.00. The van der Waals surface area contributed by atoms with Crippen LogP contribution in [0.5, 0.6) is 0 Å². The molecule has 0 radical (unpaired) electrons. The van der Waals surface area contributed by atoms with E-state index in [9.17, 15) is 0 Å². The summed E-state index contributed by atoms with van der Waals surface area (Å²) in [5.41, 5.74) is 5.38. The van der Waals surface area contributed by atoms with Crippen molar-refractivity contribution in [1.82, 2.24) is 0 Å². The number of benzene rings is 1. The molecule has 0 aliphatic carbocycles. The van der Waals surface area contributed by atoms with Crippen molar-refractivity contribution < 1.29 is 0 Å².